The zero-order valence-electron chi connectivity index (χ0n) is 8.63. The van der Waals surface area contributed by atoms with Crippen LogP contribution in [0.25, 0.3) is 0 Å². The standard InChI is InChI=1S/C10H19O2/c1-6-8(4)12-10(11)9(5)7(2)3/h6-9H,1-5H3/t8-,9+/m1/s1. The van der Waals surface area contributed by atoms with E-state index in [0.29, 0.717) is 5.92 Å². The lowest BCUT2D eigenvalue weighted by Gasteiger charge is -2.17. The molecule has 2 nitrogen and oxygen atoms in total. The highest BCUT2D eigenvalue weighted by Crippen LogP contribution is 2.12. The molecule has 0 aromatic heterocycles. The fourth-order valence-corrected chi connectivity index (χ4v) is 0.631. The normalized spacial score (nSPS) is 15.8. The van der Waals surface area contributed by atoms with Crippen molar-refractivity contribution < 1.29 is 9.53 Å². The zero-order valence-corrected chi connectivity index (χ0v) is 8.63. The Kier molecular flexibility index (Phi) is 4.95. The number of hydrogen-bond acceptors (Lipinski definition) is 2. The first-order valence-electron chi connectivity index (χ1n) is 4.49. The summed E-state index contributed by atoms with van der Waals surface area (Å²) in [5.41, 5.74) is 0. The van der Waals surface area contributed by atoms with Crippen molar-refractivity contribution in [1.82, 2.24) is 0 Å². The average Bonchev–Trinajstić information content (AvgIpc) is 2.02. The number of rotatable bonds is 4. The molecule has 2 heteroatoms. The Balaban J connectivity index is 3.87. The van der Waals surface area contributed by atoms with Crippen LogP contribution >= 0.6 is 0 Å². The van der Waals surface area contributed by atoms with Gasteiger partial charge in [-0.15, -0.1) is 0 Å². The van der Waals surface area contributed by atoms with Gasteiger partial charge in [0.25, 0.3) is 0 Å². The molecule has 0 saturated carbocycles. The SMILES string of the molecule is C[CH][C@@H](C)OC(=O)[C@@H](C)C(C)C. The van der Waals surface area contributed by atoms with Crippen molar-refractivity contribution in [1.29, 1.82) is 0 Å². The van der Waals surface area contributed by atoms with Crippen LogP contribution in [0, 0.1) is 18.3 Å². The minimum atomic E-state index is -0.101. The molecule has 0 aromatic rings. The summed E-state index contributed by atoms with van der Waals surface area (Å²) in [7, 11) is 0. The van der Waals surface area contributed by atoms with Gasteiger partial charge in [0, 0.05) is 0 Å². The van der Waals surface area contributed by atoms with Gasteiger partial charge >= 0.3 is 5.97 Å². The van der Waals surface area contributed by atoms with Gasteiger partial charge < -0.3 is 4.74 Å². The van der Waals surface area contributed by atoms with E-state index in [0.717, 1.165) is 0 Å². The number of carbonyl (C=O) groups excluding carboxylic acids is 1. The highest BCUT2D eigenvalue weighted by atomic mass is 16.5. The maximum absolute atomic E-state index is 11.3. The first-order valence-corrected chi connectivity index (χ1v) is 4.49. The number of ether oxygens (including phenoxy) is 1. The lowest BCUT2D eigenvalue weighted by atomic mass is 9.98. The molecule has 1 radical (unpaired) electrons. The smallest absolute Gasteiger partial charge is 0.309 e. The monoisotopic (exact) mass is 171 g/mol. The molecular weight excluding hydrogens is 152 g/mol. The Bertz CT molecular complexity index is 141. The van der Waals surface area contributed by atoms with Gasteiger partial charge in [-0.2, -0.15) is 0 Å². The Labute approximate surface area is 75.3 Å². The van der Waals surface area contributed by atoms with Crippen LogP contribution in [0.2, 0.25) is 0 Å². The van der Waals surface area contributed by atoms with Crippen molar-refractivity contribution in [3.8, 4) is 0 Å². The summed E-state index contributed by atoms with van der Waals surface area (Å²) >= 11 is 0. The van der Waals surface area contributed by atoms with Crippen molar-refractivity contribution in [3.05, 3.63) is 6.42 Å². The van der Waals surface area contributed by atoms with Crippen molar-refractivity contribution in [2.75, 3.05) is 0 Å². The molecule has 0 unspecified atom stereocenters. The summed E-state index contributed by atoms with van der Waals surface area (Å²) in [5.74, 6) is 0.240. The molecule has 0 N–H and O–H groups in total. The van der Waals surface area contributed by atoms with E-state index >= 15 is 0 Å². The Morgan fingerprint density at radius 1 is 1.25 bits per heavy atom. The summed E-state index contributed by atoms with van der Waals surface area (Å²) in [5, 5.41) is 0. The minimum absolute atomic E-state index is 0.00704. The molecule has 0 fully saturated rings. The third-order valence-corrected chi connectivity index (χ3v) is 2.14. The largest absolute Gasteiger partial charge is 0.462 e. The van der Waals surface area contributed by atoms with Gasteiger partial charge in [-0.1, -0.05) is 27.7 Å². The fourth-order valence-electron chi connectivity index (χ4n) is 0.631. The van der Waals surface area contributed by atoms with Crippen LogP contribution in [0.5, 0.6) is 0 Å². The van der Waals surface area contributed by atoms with Gasteiger partial charge in [0.15, 0.2) is 0 Å². The van der Waals surface area contributed by atoms with E-state index < -0.39 is 0 Å². The van der Waals surface area contributed by atoms with E-state index in [9.17, 15) is 4.79 Å². The van der Waals surface area contributed by atoms with E-state index in [1.165, 1.54) is 0 Å². The predicted octanol–water partition coefficient (Wildman–Crippen LogP) is 2.43. The summed E-state index contributed by atoms with van der Waals surface area (Å²) in [6.07, 6.45) is 1.80. The van der Waals surface area contributed by atoms with E-state index in [1.54, 1.807) is 0 Å². The van der Waals surface area contributed by atoms with Crippen molar-refractivity contribution in [2.45, 2.75) is 40.7 Å². The molecule has 0 aromatic carbocycles. The van der Waals surface area contributed by atoms with Crippen LogP contribution in [-0.2, 0) is 9.53 Å². The fraction of sp³-hybridized carbons (Fsp3) is 0.800. The predicted molar refractivity (Wildman–Crippen MR) is 49.5 cm³/mol. The van der Waals surface area contributed by atoms with Crippen molar-refractivity contribution >= 4 is 5.97 Å². The zero-order chi connectivity index (χ0) is 9.72. The maximum Gasteiger partial charge on any atom is 0.309 e. The van der Waals surface area contributed by atoms with Crippen LogP contribution in [0.15, 0.2) is 0 Å². The number of carbonyl (C=O) groups is 1. The Morgan fingerprint density at radius 3 is 2.08 bits per heavy atom. The molecule has 0 heterocycles. The lowest BCUT2D eigenvalue weighted by Crippen LogP contribution is -2.23. The molecule has 0 amide bonds. The molecule has 0 saturated heterocycles. The van der Waals surface area contributed by atoms with E-state index in [-0.39, 0.29) is 18.0 Å². The molecule has 0 aliphatic rings. The van der Waals surface area contributed by atoms with Gasteiger partial charge in [-0.05, 0) is 19.3 Å². The van der Waals surface area contributed by atoms with Gasteiger partial charge in [-0.3, -0.25) is 4.79 Å². The third kappa shape index (κ3) is 3.74. The van der Waals surface area contributed by atoms with Crippen molar-refractivity contribution in [2.24, 2.45) is 11.8 Å². The van der Waals surface area contributed by atoms with Crippen LogP contribution in [0.3, 0.4) is 0 Å². The lowest BCUT2D eigenvalue weighted by molar-refractivity contribution is -0.152. The topological polar surface area (TPSA) is 26.3 Å². The number of hydrogen-bond donors (Lipinski definition) is 0. The summed E-state index contributed by atoms with van der Waals surface area (Å²) in [6.45, 7) is 9.69. The molecule has 12 heavy (non-hydrogen) atoms. The van der Waals surface area contributed by atoms with Crippen LogP contribution < -0.4 is 0 Å². The molecule has 0 rings (SSSR count). The van der Waals surface area contributed by atoms with E-state index in [2.05, 4.69) is 0 Å². The van der Waals surface area contributed by atoms with E-state index in [1.807, 2.05) is 41.0 Å². The second kappa shape index (κ2) is 5.18. The molecule has 0 aliphatic carbocycles. The molecule has 0 aliphatic heterocycles. The average molecular weight is 171 g/mol. The van der Waals surface area contributed by atoms with Gasteiger partial charge in [0.1, 0.15) is 6.10 Å². The van der Waals surface area contributed by atoms with Gasteiger partial charge in [0.2, 0.25) is 0 Å². The third-order valence-electron chi connectivity index (χ3n) is 2.14. The highest BCUT2D eigenvalue weighted by Gasteiger charge is 2.19. The number of esters is 1. The van der Waals surface area contributed by atoms with Crippen LogP contribution in [0.1, 0.15) is 34.6 Å². The van der Waals surface area contributed by atoms with Crippen LogP contribution in [-0.4, -0.2) is 12.1 Å². The summed E-state index contributed by atoms with van der Waals surface area (Å²) < 4.78 is 5.13. The quantitative estimate of drug-likeness (QED) is 0.607. The molecule has 2 atom stereocenters. The second-order valence-electron chi connectivity index (χ2n) is 3.51. The van der Waals surface area contributed by atoms with Gasteiger partial charge in [-0.25, -0.2) is 0 Å². The Morgan fingerprint density at radius 2 is 1.75 bits per heavy atom. The van der Waals surface area contributed by atoms with Gasteiger partial charge in [0.05, 0.1) is 5.92 Å². The van der Waals surface area contributed by atoms with Crippen LogP contribution in [0.4, 0.5) is 0 Å². The maximum atomic E-state index is 11.3. The second-order valence-corrected chi connectivity index (χ2v) is 3.51. The Hall–Kier alpha value is -0.530. The van der Waals surface area contributed by atoms with E-state index in [4.69, 9.17) is 4.74 Å². The molecular formula is C10H19O2. The first-order chi connectivity index (χ1) is 5.49. The minimum Gasteiger partial charge on any atom is -0.462 e. The molecule has 0 bridgehead atoms. The van der Waals surface area contributed by atoms with Crippen molar-refractivity contribution in [3.63, 3.8) is 0 Å². The summed E-state index contributed by atoms with van der Waals surface area (Å²) in [4.78, 5) is 11.3. The first kappa shape index (κ1) is 11.5. The highest BCUT2D eigenvalue weighted by molar-refractivity contribution is 5.72. The molecule has 0 spiro atoms. The summed E-state index contributed by atoms with van der Waals surface area (Å²) in [6, 6.07) is 0. The molecule has 71 valence electrons.